The van der Waals surface area contributed by atoms with E-state index in [1.54, 1.807) is 7.11 Å². The van der Waals surface area contributed by atoms with Gasteiger partial charge < -0.3 is 19.0 Å². The highest BCUT2D eigenvalue weighted by molar-refractivity contribution is 5.66. The minimum absolute atomic E-state index is 0.168. The molecule has 0 heterocycles. The van der Waals surface area contributed by atoms with Gasteiger partial charge in [-0.2, -0.15) is 0 Å². The number of rotatable bonds is 18. The van der Waals surface area contributed by atoms with Crippen LogP contribution in [0.2, 0.25) is 0 Å². The van der Waals surface area contributed by atoms with Crippen molar-refractivity contribution in [1.29, 1.82) is 0 Å². The minimum atomic E-state index is -0.286. The van der Waals surface area contributed by atoms with Crippen molar-refractivity contribution in [3.8, 4) is 0 Å². The van der Waals surface area contributed by atoms with Crippen molar-refractivity contribution >= 4 is 12.3 Å². The summed E-state index contributed by atoms with van der Waals surface area (Å²) in [6.07, 6.45) is 13.1. The van der Waals surface area contributed by atoms with Gasteiger partial charge in [0.15, 0.2) is 0 Å². The Morgan fingerprint density at radius 1 is 0.920 bits per heavy atom. The Bertz CT molecular complexity index is 319. The molecule has 148 valence electrons. The molecule has 0 amide bonds. The molecule has 0 fully saturated rings. The Morgan fingerprint density at radius 3 is 2.08 bits per heavy atom. The summed E-state index contributed by atoms with van der Waals surface area (Å²) in [5, 5.41) is 0. The Kier molecular flexibility index (Phi) is 17.2. The second-order valence-corrected chi connectivity index (χ2v) is 6.62. The number of esters is 1. The van der Waals surface area contributed by atoms with Crippen molar-refractivity contribution in [1.82, 2.24) is 0 Å². The zero-order valence-electron chi connectivity index (χ0n) is 16.5. The molecule has 0 spiro atoms. The summed E-state index contributed by atoms with van der Waals surface area (Å²) < 4.78 is 16.2. The van der Waals surface area contributed by atoms with E-state index in [9.17, 15) is 9.59 Å². The first-order valence-corrected chi connectivity index (χ1v) is 9.87. The number of unbranched alkanes of at least 4 members (excludes halogenated alkanes) is 8. The summed E-state index contributed by atoms with van der Waals surface area (Å²) in [6, 6.07) is 0. The summed E-state index contributed by atoms with van der Waals surface area (Å²) in [6.45, 7) is 3.83. The van der Waals surface area contributed by atoms with Gasteiger partial charge in [0, 0.05) is 20.5 Å². The van der Waals surface area contributed by atoms with Crippen molar-refractivity contribution in [3.63, 3.8) is 0 Å². The van der Waals surface area contributed by atoms with Crippen LogP contribution >= 0.6 is 0 Å². The number of ether oxygens (including phenoxy) is 3. The number of carbonyl (C=O) groups excluding carboxylic acids is 2. The molecule has 25 heavy (non-hydrogen) atoms. The second-order valence-electron chi connectivity index (χ2n) is 6.62. The van der Waals surface area contributed by atoms with Crippen molar-refractivity contribution in [2.24, 2.45) is 0 Å². The lowest BCUT2D eigenvalue weighted by atomic mass is 10.00. The van der Waals surface area contributed by atoms with Crippen LogP contribution in [0.5, 0.6) is 0 Å². The van der Waals surface area contributed by atoms with E-state index in [2.05, 4.69) is 6.92 Å². The summed E-state index contributed by atoms with van der Waals surface area (Å²) in [5.74, 6) is -0.286. The molecular formula is C20H38O5. The average Bonchev–Trinajstić information content (AvgIpc) is 2.59. The van der Waals surface area contributed by atoms with Gasteiger partial charge in [0.05, 0.1) is 6.10 Å². The van der Waals surface area contributed by atoms with Gasteiger partial charge in [0.1, 0.15) is 19.2 Å². The number of methoxy groups -OCH3 is 1. The van der Waals surface area contributed by atoms with Gasteiger partial charge in [-0.25, -0.2) is 0 Å². The first-order valence-electron chi connectivity index (χ1n) is 9.87. The predicted molar refractivity (Wildman–Crippen MR) is 99.4 cm³/mol. The molecule has 0 aromatic carbocycles. The lowest BCUT2D eigenvalue weighted by molar-refractivity contribution is -0.165. The highest BCUT2D eigenvalue weighted by Gasteiger charge is 2.24. The number of hydrogen-bond acceptors (Lipinski definition) is 5. The maximum Gasteiger partial charge on any atom is 0.302 e. The third-order valence-electron chi connectivity index (χ3n) is 4.28. The van der Waals surface area contributed by atoms with Gasteiger partial charge >= 0.3 is 5.97 Å². The first kappa shape index (κ1) is 24.1. The normalized spacial score (nSPS) is 13.4. The molecule has 0 N–H and O–H groups in total. The van der Waals surface area contributed by atoms with Crippen LogP contribution in [-0.4, -0.2) is 38.4 Å². The largest absolute Gasteiger partial charge is 0.460 e. The van der Waals surface area contributed by atoms with E-state index in [4.69, 9.17) is 14.2 Å². The van der Waals surface area contributed by atoms with Crippen LogP contribution in [0, 0.1) is 0 Å². The maximum atomic E-state index is 11.4. The highest BCUT2D eigenvalue weighted by Crippen LogP contribution is 2.19. The van der Waals surface area contributed by atoms with E-state index >= 15 is 0 Å². The molecule has 0 aliphatic carbocycles. The van der Waals surface area contributed by atoms with Crippen LogP contribution in [0.1, 0.15) is 90.9 Å². The van der Waals surface area contributed by atoms with Crippen LogP contribution in [0.4, 0.5) is 0 Å². The van der Waals surface area contributed by atoms with Gasteiger partial charge in [-0.05, 0) is 25.7 Å². The first-order chi connectivity index (χ1) is 12.2. The molecule has 2 atom stereocenters. The van der Waals surface area contributed by atoms with Crippen molar-refractivity contribution in [3.05, 3.63) is 0 Å². The molecule has 0 rings (SSSR count). The molecule has 0 aromatic rings. The van der Waals surface area contributed by atoms with Crippen LogP contribution < -0.4 is 0 Å². The van der Waals surface area contributed by atoms with Crippen LogP contribution in [-0.2, 0) is 23.8 Å². The molecule has 0 aliphatic rings. The number of hydrogen-bond donors (Lipinski definition) is 0. The van der Waals surface area contributed by atoms with Gasteiger partial charge in [0.2, 0.25) is 0 Å². The van der Waals surface area contributed by atoms with E-state index in [0.29, 0.717) is 12.8 Å². The quantitative estimate of drug-likeness (QED) is 0.152. The smallest absolute Gasteiger partial charge is 0.302 e. The Labute approximate surface area is 153 Å². The van der Waals surface area contributed by atoms with Gasteiger partial charge in [0.25, 0.3) is 0 Å². The minimum Gasteiger partial charge on any atom is -0.460 e. The maximum absolute atomic E-state index is 11.4. The summed E-state index contributed by atoms with van der Waals surface area (Å²) in [5.41, 5.74) is 0. The zero-order chi connectivity index (χ0) is 18.8. The topological polar surface area (TPSA) is 61.8 Å². The van der Waals surface area contributed by atoms with Crippen LogP contribution in [0.25, 0.3) is 0 Å². The van der Waals surface area contributed by atoms with E-state index < -0.39 is 0 Å². The molecule has 0 bridgehead atoms. The van der Waals surface area contributed by atoms with E-state index in [1.165, 1.54) is 45.4 Å². The standard InChI is InChI=1S/C20H38O5/c1-4-5-6-7-8-9-10-11-15-20(25-18(2)22)19(24-17-23-3)14-12-13-16-21/h16,19-20H,4-15,17H2,1-3H3/t19-,20+/m1/s1. The van der Waals surface area contributed by atoms with E-state index in [-0.39, 0.29) is 25.0 Å². The number of aldehydes is 1. The van der Waals surface area contributed by atoms with Crippen molar-refractivity contribution in [2.75, 3.05) is 13.9 Å². The molecular weight excluding hydrogens is 320 g/mol. The van der Waals surface area contributed by atoms with Gasteiger partial charge in [-0.3, -0.25) is 4.79 Å². The summed E-state index contributed by atoms with van der Waals surface area (Å²) in [7, 11) is 1.57. The van der Waals surface area contributed by atoms with Crippen molar-refractivity contribution < 1.29 is 23.8 Å². The fourth-order valence-corrected chi connectivity index (χ4v) is 2.95. The lowest BCUT2D eigenvalue weighted by Gasteiger charge is -2.26. The third-order valence-corrected chi connectivity index (χ3v) is 4.28. The Morgan fingerprint density at radius 2 is 1.52 bits per heavy atom. The zero-order valence-corrected chi connectivity index (χ0v) is 16.5. The average molecular weight is 359 g/mol. The summed E-state index contributed by atoms with van der Waals surface area (Å²) in [4.78, 5) is 22.0. The molecule has 0 aliphatic heterocycles. The molecule has 0 saturated heterocycles. The second kappa shape index (κ2) is 17.9. The van der Waals surface area contributed by atoms with Gasteiger partial charge in [-0.1, -0.05) is 51.9 Å². The molecule has 0 radical (unpaired) electrons. The van der Waals surface area contributed by atoms with Gasteiger partial charge in [-0.15, -0.1) is 0 Å². The molecule has 0 saturated carbocycles. The third kappa shape index (κ3) is 15.1. The van der Waals surface area contributed by atoms with E-state index in [0.717, 1.165) is 32.0 Å². The highest BCUT2D eigenvalue weighted by atomic mass is 16.7. The SMILES string of the molecule is CCCCCCCCCC[C@H](OC(C)=O)[C@@H](CCCC=O)OCOC. The summed E-state index contributed by atoms with van der Waals surface area (Å²) >= 11 is 0. The fourth-order valence-electron chi connectivity index (χ4n) is 2.95. The van der Waals surface area contributed by atoms with Crippen LogP contribution in [0.3, 0.4) is 0 Å². The van der Waals surface area contributed by atoms with Crippen LogP contribution in [0.15, 0.2) is 0 Å². The molecule has 0 aromatic heterocycles. The van der Waals surface area contributed by atoms with Crippen molar-refractivity contribution in [2.45, 2.75) is 103 Å². The monoisotopic (exact) mass is 358 g/mol. The Balaban J connectivity index is 4.25. The fraction of sp³-hybridized carbons (Fsp3) is 0.900. The molecule has 0 unspecified atom stereocenters. The lowest BCUT2D eigenvalue weighted by Crippen LogP contribution is -2.34. The molecule has 5 heteroatoms. The molecule has 5 nitrogen and oxygen atoms in total. The number of carbonyl (C=O) groups is 2. The van der Waals surface area contributed by atoms with E-state index in [1.807, 2.05) is 0 Å². The predicted octanol–water partition coefficient (Wildman–Crippen LogP) is 4.81. The Hall–Kier alpha value is -0.940.